The second kappa shape index (κ2) is 4.72. The number of aromatic nitrogens is 1. The number of halogens is 2. The smallest absolute Gasteiger partial charge is 0.0596 e. The Hall–Kier alpha value is -1.26. The SMILES string of the molecule is Nc1cncc(Nc2cccc(Cl)c2Br)c1. The largest absolute Gasteiger partial charge is 0.397 e. The highest BCUT2D eigenvalue weighted by Crippen LogP contribution is 2.32. The summed E-state index contributed by atoms with van der Waals surface area (Å²) in [5.74, 6) is 0. The summed E-state index contributed by atoms with van der Waals surface area (Å²) in [6.45, 7) is 0. The summed E-state index contributed by atoms with van der Waals surface area (Å²) in [5.41, 5.74) is 7.95. The molecule has 0 spiro atoms. The lowest BCUT2D eigenvalue weighted by Gasteiger charge is -2.09. The molecule has 0 bridgehead atoms. The molecule has 1 aromatic carbocycles. The first-order valence-corrected chi connectivity index (χ1v) is 5.75. The zero-order valence-corrected chi connectivity index (χ0v) is 10.6. The van der Waals surface area contributed by atoms with Crippen LogP contribution < -0.4 is 11.1 Å². The highest BCUT2D eigenvalue weighted by atomic mass is 79.9. The quantitative estimate of drug-likeness (QED) is 0.886. The molecule has 3 N–H and O–H groups in total. The number of nitrogens with one attached hydrogen (secondary N) is 1. The van der Waals surface area contributed by atoms with Crippen LogP contribution in [0.3, 0.4) is 0 Å². The predicted molar refractivity (Wildman–Crippen MR) is 71.1 cm³/mol. The normalized spacial score (nSPS) is 10.1. The number of nitrogens with two attached hydrogens (primary N) is 1. The average molecular weight is 299 g/mol. The first-order chi connectivity index (χ1) is 7.66. The Labute approximate surface area is 107 Å². The third-order valence-corrected chi connectivity index (χ3v) is 3.39. The Kier molecular flexibility index (Phi) is 3.31. The Morgan fingerprint density at radius 3 is 2.88 bits per heavy atom. The first kappa shape index (κ1) is 11.2. The molecule has 1 heterocycles. The van der Waals surface area contributed by atoms with Crippen LogP contribution in [0.5, 0.6) is 0 Å². The van der Waals surface area contributed by atoms with Gasteiger partial charge >= 0.3 is 0 Å². The van der Waals surface area contributed by atoms with Crippen molar-refractivity contribution in [3.63, 3.8) is 0 Å². The van der Waals surface area contributed by atoms with Crippen LogP contribution in [0.25, 0.3) is 0 Å². The van der Waals surface area contributed by atoms with Crippen molar-refractivity contribution in [2.45, 2.75) is 0 Å². The van der Waals surface area contributed by atoms with Gasteiger partial charge in [0.1, 0.15) is 0 Å². The van der Waals surface area contributed by atoms with Gasteiger partial charge in [0.25, 0.3) is 0 Å². The summed E-state index contributed by atoms with van der Waals surface area (Å²) in [4.78, 5) is 4.00. The minimum absolute atomic E-state index is 0.614. The maximum absolute atomic E-state index is 5.98. The fourth-order valence-corrected chi connectivity index (χ4v) is 1.82. The van der Waals surface area contributed by atoms with Crippen molar-refractivity contribution < 1.29 is 0 Å². The van der Waals surface area contributed by atoms with Crippen LogP contribution >= 0.6 is 27.5 Å². The molecule has 0 aliphatic heterocycles. The topological polar surface area (TPSA) is 50.9 Å². The van der Waals surface area contributed by atoms with E-state index in [0.29, 0.717) is 10.7 Å². The molecular formula is C11H9BrClN3. The van der Waals surface area contributed by atoms with Gasteiger partial charge < -0.3 is 11.1 Å². The fourth-order valence-electron chi connectivity index (χ4n) is 1.28. The standard InChI is InChI=1S/C11H9BrClN3/c12-11-9(13)2-1-3-10(11)16-8-4-7(14)5-15-6-8/h1-6,16H,14H2. The van der Waals surface area contributed by atoms with Crippen molar-refractivity contribution >= 4 is 44.6 Å². The lowest BCUT2D eigenvalue weighted by atomic mass is 10.3. The van der Waals surface area contributed by atoms with Gasteiger partial charge in [-0.3, -0.25) is 4.98 Å². The van der Waals surface area contributed by atoms with Gasteiger partial charge in [-0.15, -0.1) is 0 Å². The third-order valence-electron chi connectivity index (χ3n) is 1.99. The number of benzene rings is 1. The molecule has 16 heavy (non-hydrogen) atoms. The molecule has 1 aromatic heterocycles. The molecule has 3 nitrogen and oxygen atoms in total. The van der Waals surface area contributed by atoms with E-state index in [1.165, 1.54) is 0 Å². The van der Waals surface area contributed by atoms with Gasteiger partial charge in [0.2, 0.25) is 0 Å². The molecule has 0 radical (unpaired) electrons. The van der Waals surface area contributed by atoms with Crippen molar-refractivity contribution in [1.29, 1.82) is 0 Å². The van der Waals surface area contributed by atoms with Crippen LogP contribution in [-0.2, 0) is 0 Å². The van der Waals surface area contributed by atoms with Crippen LogP contribution in [0.2, 0.25) is 5.02 Å². The molecule has 0 unspecified atom stereocenters. The Balaban J connectivity index is 2.31. The van der Waals surface area contributed by atoms with Gasteiger partial charge in [-0.25, -0.2) is 0 Å². The van der Waals surface area contributed by atoms with Gasteiger partial charge in [0.15, 0.2) is 0 Å². The summed E-state index contributed by atoms with van der Waals surface area (Å²) < 4.78 is 0.819. The van der Waals surface area contributed by atoms with E-state index in [1.54, 1.807) is 18.5 Å². The van der Waals surface area contributed by atoms with Crippen LogP contribution in [0.4, 0.5) is 17.1 Å². The van der Waals surface area contributed by atoms with Gasteiger partial charge in [-0.1, -0.05) is 17.7 Å². The summed E-state index contributed by atoms with van der Waals surface area (Å²) >= 11 is 9.39. The van der Waals surface area contributed by atoms with E-state index in [2.05, 4.69) is 26.2 Å². The number of hydrogen-bond acceptors (Lipinski definition) is 3. The molecule has 0 aliphatic carbocycles. The maximum atomic E-state index is 5.98. The van der Waals surface area contributed by atoms with Gasteiger partial charge in [-0.05, 0) is 34.1 Å². The van der Waals surface area contributed by atoms with E-state index in [9.17, 15) is 0 Å². The number of hydrogen-bond donors (Lipinski definition) is 2. The number of nitrogens with zero attached hydrogens (tertiary/aromatic N) is 1. The summed E-state index contributed by atoms with van der Waals surface area (Å²) in [6.07, 6.45) is 3.29. The summed E-state index contributed by atoms with van der Waals surface area (Å²) in [6, 6.07) is 7.41. The lowest BCUT2D eigenvalue weighted by Crippen LogP contribution is -1.94. The predicted octanol–water partition coefficient (Wildman–Crippen LogP) is 3.82. The Morgan fingerprint density at radius 1 is 1.31 bits per heavy atom. The van der Waals surface area contributed by atoms with Crippen molar-refractivity contribution in [2.24, 2.45) is 0 Å². The van der Waals surface area contributed by atoms with E-state index >= 15 is 0 Å². The second-order valence-corrected chi connectivity index (χ2v) is 4.43. The maximum Gasteiger partial charge on any atom is 0.0596 e. The molecule has 5 heteroatoms. The van der Waals surface area contributed by atoms with Gasteiger partial charge in [0, 0.05) is 6.20 Å². The molecular weight excluding hydrogens is 289 g/mol. The molecule has 0 atom stereocenters. The Bertz CT molecular complexity index is 516. The zero-order valence-electron chi connectivity index (χ0n) is 8.24. The fraction of sp³-hybridized carbons (Fsp3) is 0. The molecule has 0 saturated heterocycles. The molecule has 2 rings (SSSR count). The molecule has 0 amide bonds. The van der Waals surface area contributed by atoms with Crippen LogP contribution in [-0.4, -0.2) is 4.98 Å². The monoisotopic (exact) mass is 297 g/mol. The number of pyridine rings is 1. The highest BCUT2D eigenvalue weighted by molar-refractivity contribution is 9.10. The second-order valence-electron chi connectivity index (χ2n) is 3.23. The molecule has 0 saturated carbocycles. The number of anilines is 3. The summed E-state index contributed by atoms with van der Waals surface area (Å²) in [5, 5.41) is 3.83. The highest BCUT2D eigenvalue weighted by Gasteiger charge is 2.03. The number of nitrogen functional groups attached to an aromatic ring is 1. The molecule has 2 aromatic rings. The minimum Gasteiger partial charge on any atom is -0.397 e. The first-order valence-electron chi connectivity index (χ1n) is 4.58. The summed E-state index contributed by atoms with van der Waals surface area (Å²) in [7, 11) is 0. The van der Waals surface area contributed by atoms with Crippen LogP contribution in [0.1, 0.15) is 0 Å². The van der Waals surface area contributed by atoms with Crippen molar-refractivity contribution in [1.82, 2.24) is 4.98 Å². The van der Waals surface area contributed by atoms with Gasteiger partial charge in [0.05, 0.1) is 32.8 Å². The minimum atomic E-state index is 0.614. The van der Waals surface area contributed by atoms with Crippen LogP contribution in [0.15, 0.2) is 41.1 Å². The van der Waals surface area contributed by atoms with Crippen LogP contribution in [0, 0.1) is 0 Å². The molecule has 0 fully saturated rings. The van der Waals surface area contributed by atoms with Crippen molar-refractivity contribution in [2.75, 3.05) is 11.1 Å². The van der Waals surface area contributed by atoms with E-state index < -0.39 is 0 Å². The average Bonchev–Trinajstić information content (AvgIpc) is 2.25. The molecule has 82 valence electrons. The van der Waals surface area contributed by atoms with Crippen molar-refractivity contribution in [3.8, 4) is 0 Å². The lowest BCUT2D eigenvalue weighted by molar-refractivity contribution is 1.32. The van der Waals surface area contributed by atoms with E-state index in [0.717, 1.165) is 15.8 Å². The third kappa shape index (κ3) is 2.46. The van der Waals surface area contributed by atoms with E-state index in [-0.39, 0.29) is 0 Å². The van der Waals surface area contributed by atoms with Crippen molar-refractivity contribution in [3.05, 3.63) is 46.2 Å². The van der Waals surface area contributed by atoms with E-state index in [1.807, 2.05) is 18.2 Å². The van der Waals surface area contributed by atoms with Gasteiger partial charge in [-0.2, -0.15) is 0 Å². The number of rotatable bonds is 2. The molecule has 0 aliphatic rings. The van der Waals surface area contributed by atoms with E-state index in [4.69, 9.17) is 17.3 Å². The Morgan fingerprint density at radius 2 is 2.12 bits per heavy atom. The zero-order chi connectivity index (χ0) is 11.5.